The van der Waals surface area contributed by atoms with Crippen molar-refractivity contribution in [2.24, 2.45) is 10.2 Å². The molecule has 0 amide bonds. The van der Waals surface area contributed by atoms with E-state index in [1.54, 1.807) is 13.3 Å². The first-order valence-corrected chi connectivity index (χ1v) is 7.88. The average molecular weight is 328 g/mol. The Labute approximate surface area is 144 Å². The fourth-order valence-electron chi connectivity index (χ4n) is 2.84. The third kappa shape index (κ3) is 2.76. The minimum absolute atomic E-state index is 0.663. The van der Waals surface area contributed by atoms with Crippen LogP contribution in [0, 0.1) is 0 Å². The summed E-state index contributed by atoms with van der Waals surface area (Å²) < 4.78 is 5.35. The third-order valence-corrected chi connectivity index (χ3v) is 4.09. The van der Waals surface area contributed by atoms with E-state index >= 15 is 0 Å². The van der Waals surface area contributed by atoms with Crippen LogP contribution in [-0.4, -0.2) is 12.1 Å². The number of methoxy groups -OCH3 is 1. The SMILES string of the molecule is COc1cc(N=Nc2ccc(N)c3ccccc23)c2ncccc2c1. The van der Waals surface area contributed by atoms with Gasteiger partial charge in [-0.2, -0.15) is 0 Å². The molecule has 4 rings (SSSR count). The van der Waals surface area contributed by atoms with Crippen LogP contribution in [0.4, 0.5) is 17.1 Å². The first-order valence-electron chi connectivity index (χ1n) is 7.88. The number of rotatable bonds is 3. The average Bonchev–Trinajstić information content (AvgIpc) is 2.67. The largest absolute Gasteiger partial charge is 0.497 e. The molecule has 0 bridgehead atoms. The van der Waals surface area contributed by atoms with Crippen LogP contribution in [0.2, 0.25) is 0 Å². The minimum Gasteiger partial charge on any atom is -0.497 e. The van der Waals surface area contributed by atoms with Crippen molar-refractivity contribution in [2.45, 2.75) is 0 Å². The van der Waals surface area contributed by atoms with Gasteiger partial charge in [-0.1, -0.05) is 30.3 Å². The predicted octanol–water partition coefficient (Wildman–Crippen LogP) is 5.39. The van der Waals surface area contributed by atoms with Crippen LogP contribution in [0.3, 0.4) is 0 Å². The molecule has 0 unspecified atom stereocenters. The van der Waals surface area contributed by atoms with E-state index in [4.69, 9.17) is 10.5 Å². The summed E-state index contributed by atoms with van der Waals surface area (Å²) in [6.07, 6.45) is 1.74. The summed E-state index contributed by atoms with van der Waals surface area (Å²) in [5, 5.41) is 11.8. The number of hydrogen-bond acceptors (Lipinski definition) is 5. The molecule has 3 aromatic carbocycles. The summed E-state index contributed by atoms with van der Waals surface area (Å²) in [7, 11) is 1.63. The normalized spacial score (nSPS) is 11.4. The van der Waals surface area contributed by atoms with Crippen LogP contribution in [-0.2, 0) is 0 Å². The van der Waals surface area contributed by atoms with Crippen molar-refractivity contribution < 1.29 is 4.74 Å². The van der Waals surface area contributed by atoms with Crippen molar-refractivity contribution in [1.29, 1.82) is 0 Å². The fraction of sp³-hybridized carbons (Fsp3) is 0.0500. The zero-order valence-electron chi connectivity index (χ0n) is 13.7. The van der Waals surface area contributed by atoms with Gasteiger partial charge in [0.2, 0.25) is 0 Å². The molecule has 0 radical (unpaired) electrons. The molecule has 2 N–H and O–H groups in total. The summed E-state index contributed by atoms with van der Waals surface area (Å²) in [6.45, 7) is 0. The Bertz CT molecular complexity index is 1110. The lowest BCUT2D eigenvalue weighted by Gasteiger charge is -2.06. The van der Waals surface area contributed by atoms with E-state index in [1.807, 2.05) is 60.7 Å². The number of nitrogens with zero attached hydrogens (tertiary/aromatic N) is 3. The van der Waals surface area contributed by atoms with Crippen LogP contribution in [0.15, 0.2) is 77.1 Å². The van der Waals surface area contributed by atoms with Crippen LogP contribution in [0.25, 0.3) is 21.7 Å². The van der Waals surface area contributed by atoms with E-state index in [2.05, 4.69) is 15.2 Å². The molecule has 5 nitrogen and oxygen atoms in total. The van der Waals surface area contributed by atoms with E-state index in [9.17, 15) is 0 Å². The number of anilines is 1. The van der Waals surface area contributed by atoms with Crippen LogP contribution >= 0.6 is 0 Å². The zero-order valence-corrected chi connectivity index (χ0v) is 13.7. The molecular weight excluding hydrogens is 312 g/mol. The van der Waals surface area contributed by atoms with Crippen molar-refractivity contribution >= 4 is 38.7 Å². The second-order valence-electron chi connectivity index (χ2n) is 5.64. The van der Waals surface area contributed by atoms with Crippen LogP contribution < -0.4 is 10.5 Å². The monoisotopic (exact) mass is 328 g/mol. The number of aromatic nitrogens is 1. The molecule has 0 spiro atoms. The van der Waals surface area contributed by atoms with E-state index in [0.29, 0.717) is 5.69 Å². The van der Waals surface area contributed by atoms with E-state index in [-0.39, 0.29) is 0 Å². The number of nitrogens with two attached hydrogens (primary N) is 1. The Morgan fingerprint density at radius 1 is 0.880 bits per heavy atom. The molecule has 0 fully saturated rings. The second kappa shape index (κ2) is 6.20. The van der Waals surface area contributed by atoms with E-state index in [0.717, 1.165) is 38.8 Å². The van der Waals surface area contributed by atoms with Crippen molar-refractivity contribution in [3.8, 4) is 5.75 Å². The van der Waals surface area contributed by atoms with Gasteiger partial charge in [-0.3, -0.25) is 4.98 Å². The topological polar surface area (TPSA) is 72.9 Å². The Balaban J connectivity index is 1.86. The Kier molecular flexibility index (Phi) is 3.74. The Morgan fingerprint density at radius 2 is 1.68 bits per heavy atom. The highest BCUT2D eigenvalue weighted by Crippen LogP contribution is 2.34. The van der Waals surface area contributed by atoms with Gasteiger partial charge < -0.3 is 10.5 Å². The molecule has 1 heterocycles. The minimum atomic E-state index is 0.663. The summed E-state index contributed by atoms with van der Waals surface area (Å²) in [5.74, 6) is 0.719. The third-order valence-electron chi connectivity index (χ3n) is 4.09. The summed E-state index contributed by atoms with van der Waals surface area (Å²) in [4.78, 5) is 4.42. The van der Waals surface area contributed by atoms with Gasteiger partial charge >= 0.3 is 0 Å². The highest BCUT2D eigenvalue weighted by molar-refractivity contribution is 6.00. The predicted molar refractivity (Wildman–Crippen MR) is 101 cm³/mol. The zero-order chi connectivity index (χ0) is 17.2. The molecule has 0 saturated carbocycles. The maximum Gasteiger partial charge on any atom is 0.121 e. The molecule has 122 valence electrons. The highest BCUT2D eigenvalue weighted by atomic mass is 16.5. The molecule has 5 heteroatoms. The molecule has 25 heavy (non-hydrogen) atoms. The number of ether oxygens (including phenoxy) is 1. The molecule has 0 atom stereocenters. The van der Waals surface area contributed by atoms with Gasteiger partial charge in [0.25, 0.3) is 0 Å². The second-order valence-corrected chi connectivity index (χ2v) is 5.64. The summed E-state index contributed by atoms with van der Waals surface area (Å²) in [6, 6.07) is 19.2. The molecular formula is C20H16N4O. The van der Waals surface area contributed by atoms with Gasteiger partial charge in [0.05, 0.1) is 18.3 Å². The van der Waals surface area contributed by atoms with Crippen molar-refractivity contribution in [3.63, 3.8) is 0 Å². The first-order chi connectivity index (χ1) is 12.3. The molecule has 0 aliphatic heterocycles. The smallest absolute Gasteiger partial charge is 0.121 e. The Morgan fingerprint density at radius 3 is 2.52 bits per heavy atom. The van der Waals surface area contributed by atoms with Gasteiger partial charge in [0, 0.05) is 34.1 Å². The van der Waals surface area contributed by atoms with Gasteiger partial charge in [-0.15, -0.1) is 10.2 Å². The van der Waals surface area contributed by atoms with Crippen molar-refractivity contribution in [2.75, 3.05) is 12.8 Å². The quantitative estimate of drug-likeness (QED) is 0.404. The number of azo groups is 1. The molecule has 0 aliphatic carbocycles. The maximum absolute atomic E-state index is 6.05. The van der Waals surface area contributed by atoms with Gasteiger partial charge in [-0.25, -0.2) is 0 Å². The summed E-state index contributed by atoms with van der Waals surface area (Å²) in [5.41, 5.74) is 8.98. The van der Waals surface area contributed by atoms with Gasteiger partial charge in [0.1, 0.15) is 11.4 Å². The number of hydrogen-bond donors (Lipinski definition) is 1. The molecule has 1 aromatic heterocycles. The number of fused-ring (bicyclic) bond motifs is 2. The number of pyridine rings is 1. The molecule has 0 saturated heterocycles. The maximum atomic E-state index is 6.05. The number of nitrogen functional groups attached to an aromatic ring is 1. The van der Waals surface area contributed by atoms with Crippen molar-refractivity contribution in [3.05, 3.63) is 66.9 Å². The lowest BCUT2D eigenvalue weighted by atomic mass is 10.1. The lowest BCUT2D eigenvalue weighted by molar-refractivity contribution is 0.415. The summed E-state index contributed by atoms with van der Waals surface area (Å²) >= 11 is 0. The first kappa shape index (κ1) is 15.1. The number of benzene rings is 3. The van der Waals surface area contributed by atoms with E-state index in [1.165, 1.54) is 0 Å². The standard InChI is InChI=1S/C20H16N4O/c1-25-14-11-13-5-4-10-22-20(13)19(12-14)24-23-18-9-8-17(21)15-6-2-3-7-16(15)18/h2-12H,21H2,1H3. The lowest BCUT2D eigenvalue weighted by Crippen LogP contribution is -1.86. The van der Waals surface area contributed by atoms with Crippen molar-refractivity contribution in [1.82, 2.24) is 4.98 Å². The fourth-order valence-corrected chi connectivity index (χ4v) is 2.84. The molecule has 4 aromatic rings. The van der Waals surface area contributed by atoms with Gasteiger partial charge in [-0.05, 0) is 24.3 Å². The molecule has 0 aliphatic rings. The van der Waals surface area contributed by atoms with Gasteiger partial charge in [0.15, 0.2) is 0 Å². The van der Waals surface area contributed by atoms with Crippen LogP contribution in [0.5, 0.6) is 5.75 Å². The van der Waals surface area contributed by atoms with Crippen LogP contribution in [0.1, 0.15) is 0 Å². The Hall–Kier alpha value is -3.47. The van der Waals surface area contributed by atoms with E-state index < -0.39 is 0 Å². The highest BCUT2D eigenvalue weighted by Gasteiger charge is 2.07.